The third-order valence-corrected chi connectivity index (χ3v) is 10.6. The van der Waals surface area contributed by atoms with Gasteiger partial charge in [0.05, 0.1) is 13.6 Å². The Kier molecular flexibility index (Phi) is 8.16. The number of hydrogen-bond donors (Lipinski definition) is 0. The van der Waals surface area contributed by atoms with Crippen LogP contribution in [-0.4, -0.2) is 8.07 Å². The summed E-state index contributed by atoms with van der Waals surface area (Å²) in [5, 5.41) is 8.83. The van der Waals surface area contributed by atoms with E-state index in [1.165, 1.54) is 69.5 Å². The van der Waals surface area contributed by atoms with Gasteiger partial charge in [-0.3, -0.25) is 0 Å². The van der Waals surface area contributed by atoms with E-state index in [0.29, 0.717) is 0 Å². The van der Waals surface area contributed by atoms with Gasteiger partial charge in [0.15, 0.2) is 0 Å². The van der Waals surface area contributed by atoms with E-state index < -0.39 is 8.07 Å². The van der Waals surface area contributed by atoms with E-state index in [0.717, 1.165) is 17.9 Å². The van der Waals surface area contributed by atoms with Crippen LogP contribution in [0.1, 0.15) is 69.4 Å². The van der Waals surface area contributed by atoms with Crippen LogP contribution >= 0.6 is 0 Å². The largest absolute Gasteiger partial charge is 0.206 e. The average molecular weight is 360 g/mol. The van der Waals surface area contributed by atoms with E-state index in [2.05, 4.69) is 13.5 Å². The summed E-state index contributed by atoms with van der Waals surface area (Å²) in [6.07, 6.45) is 12.3. The van der Waals surface area contributed by atoms with Crippen LogP contribution in [0.2, 0.25) is 24.7 Å². The van der Waals surface area contributed by atoms with E-state index in [1.54, 1.807) is 12.1 Å². The first-order valence-corrected chi connectivity index (χ1v) is 13.4. The van der Waals surface area contributed by atoms with Gasteiger partial charge in [0, 0.05) is 0 Å². The molecule has 0 N–H and O–H groups in total. The third-order valence-electron chi connectivity index (χ3n) is 6.20. The maximum Gasteiger partial charge on any atom is 0.141 e. The molecule has 1 aromatic carbocycles. The Balaban J connectivity index is 1.71. The standard InChI is InChI=1S/C22H34FNSi/c1-3-4-5-6-7-8-19-11-14-25(2,15-12-19)16-13-20-9-10-21(18-24)22(23)17-20/h9-10,17,19H,3-8,11-16H2,1-2H3/t19-,25-. The van der Waals surface area contributed by atoms with Crippen LogP contribution in [0.3, 0.4) is 0 Å². The summed E-state index contributed by atoms with van der Waals surface area (Å²) in [5.74, 6) is 0.605. The Hall–Kier alpha value is -1.14. The first kappa shape index (κ1) is 20.2. The molecule has 0 radical (unpaired) electrons. The van der Waals surface area contributed by atoms with Crippen LogP contribution in [0.5, 0.6) is 0 Å². The Morgan fingerprint density at radius 3 is 2.52 bits per heavy atom. The van der Waals surface area contributed by atoms with Crippen LogP contribution in [0, 0.1) is 23.1 Å². The minimum atomic E-state index is -1.15. The van der Waals surface area contributed by atoms with Crippen molar-refractivity contribution in [1.29, 1.82) is 5.26 Å². The zero-order chi connectivity index (χ0) is 18.1. The number of benzene rings is 1. The van der Waals surface area contributed by atoms with Gasteiger partial charge in [0.25, 0.3) is 0 Å². The average Bonchev–Trinajstić information content (AvgIpc) is 2.62. The number of nitrogens with zero attached hydrogens (tertiary/aromatic N) is 1. The summed E-state index contributed by atoms with van der Waals surface area (Å²) < 4.78 is 13.7. The van der Waals surface area contributed by atoms with Gasteiger partial charge in [-0.15, -0.1) is 0 Å². The number of aryl methyl sites for hydroxylation is 1. The lowest BCUT2D eigenvalue weighted by atomic mass is 9.95. The fourth-order valence-corrected chi connectivity index (χ4v) is 8.05. The van der Waals surface area contributed by atoms with Crippen LogP contribution < -0.4 is 0 Å². The van der Waals surface area contributed by atoms with Crippen LogP contribution in [-0.2, 0) is 6.42 Å². The zero-order valence-corrected chi connectivity index (χ0v) is 17.1. The van der Waals surface area contributed by atoms with Gasteiger partial charge in [-0.2, -0.15) is 5.26 Å². The second-order valence-corrected chi connectivity index (χ2v) is 13.5. The highest BCUT2D eigenvalue weighted by atomic mass is 28.3. The summed E-state index contributed by atoms with van der Waals surface area (Å²) in [4.78, 5) is 0. The third kappa shape index (κ3) is 6.59. The summed E-state index contributed by atoms with van der Waals surface area (Å²) in [6, 6.07) is 11.2. The minimum absolute atomic E-state index is 0.159. The molecule has 138 valence electrons. The van der Waals surface area contributed by atoms with Gasteiger partial charge in [-0.1, -0.05) is 89.0 Å². The SMILES string of the molecule is CCCCCCC[C@H]1CC[Si@](C)(CCc2ccc(C#N)c(F)c2)CC1. The second-order valence-electron chi connectivity index (χ2n) is 8.38. The molecular formula is C22H34FNSi. The Morgan fingerprint density at radius 1 is 1.16 bits per heavy atom. The lowest BCUT2D eigenvalue weighted by Crippen LogP contribution is -2.35. The normalized spacial score (nSPS) is 23.4. The van der Waals surface area contributed by atoms with Gasteiger partial charge in [-0.05, 0) is 30.0 Å². The van der Waals surface area contributed by atoms with E-state index in [4.69, 9.17) is 5.26 Å². The topological polar surface area (TPSA) is 23.8 Å². The van der Waals surface area contributed by atoms with Crippen molar-refractivity contribution >= 4 is 8.07 Å². The molecule has 25 heavy (non-hydrogen) atoms. The van der Waals surface area contributed by atoms with E-state index >= 15 is 0 Å². The Labute approximate surface area is 154 Å². The molecule has 0 unspecified atom stereocenters. The van der Waals surface area contributed by atoms with Crippen molar-refractivity contribution in [1.82, 2.24) is 0 Å². The zero-order valence-electron chi connectivity index (χ0n) is 16.1. The molecule has 1 saturated heterocycles. The smallest absolute Gasteiger partial charge is 0.141 e. The highest BCUT2D eigenvalue weighted by Gasteiger charge is 2.32. The van der Waals surface area contributed by atoms with Crippen molar-refractivity contribution in [3.05, 3.63) is 35.1 Å². The molecule has 0 saturated carbocycles. The number of halogens is 1. The maximum absolute atomic E-state index is 13.7. The van der Waals surface area contributed by atoms with Crippen molar-refractivity contribution in [2.24, 2.45) is 5.92 Å². The molecule has 0 spiro atoms. The monoisotopic (exact) mass is 359 g/mol. The maximum atomic E-state index is 13.7. The highest BCUT2D eigenvalue weighted by molar-refractivity contribution is 6.78. The summed E-state index contributed by atoms with van der Waals surface area (Å²) >= 11 is 0. The van der Waals surface area contributed by atoms with Gasteiger partial charge in [-0.25, -0.2) is 4.39 Å². The van der Waals surface area contributed by atoms with E-state index in [9.17, 15) is 4.39 Å². The van der Waals surface area contributed by atoms with Gasteiger partial charge in [0.1, 0.15) is 11.9 Å². The number of unbranched alkanes of at least 4 members (excludes halogenated alkanes) is 4. The summed E-state index contributed by atoms with van der Waals surface area (Å²) in [5.41, 5.74) is 1.22. The first-order valence-electron chi connectivity index (χ1n) is 10.2. The van der Waals surface area contributed by atoms with Gasteiger partial charge in [0.2, 0.25) is 0 Å². The first-order chi connectivity index (χ1) is 12.1. The molecule has 0 bridgehead atoms. The van der Waals surface area contributed by atoms with Crippen molar-refractivity contribution in [3.8, 4) is 6.07 Å². The molecule has 1 heterocycles. The summed E-state index contributed by atoms with van der Waals surface area (Å²) in [7, 11) is -1.15. The fraction of sp³-hybridized carbons (Fsp3) is 0.682. The number of nitriles is 1. The van der Waals surface area contributed by atoms with Gasteiger partial charge < -0.3 is 0 Å². The molecule has 1 aliphatic heterocycles. The minimum Gasteiger partial charge on any atom is -0.206 e. The molecule has 1 nitrogen and oxygen atoms in total. The lowest BCUT2D eigenvalue weighted by Gasteiger charge is -2.36. The van der Waals surface area contributed by atoms with Gasteiger partial charge >= 0.3 is 0 Å². The van der Waals surface area contributed by atoms with Crippen LogP contribution in [0.4, 0.5) is 4.39 Å². The fourth-order valence-electron chi connectivity index (χ4n) is 4.20. The molecule has 1 fully saturated rings. The van der Waals surface area contributed by atoms with Crippen molar-refractivity contribution in [2.75, 3.05) is 0 Å². The molecule has 0 amide bonds. The van der Waals surface area contributed by atoms with E-state index in [-0.39, 0.29) is 11.4 Å². The highest BCUT2D eigenvalue weighted by Crippen LogP contribution is 2.38. The van der Waals surface area contributed by atoms with Crippen molar-refractivity contribution in [2.45, 2.75) is 89.4 Å². The number of rotatable bonds is 9. The van der Waals surface area contributed by atoms with Crippen LogP contribution in [0.25, 0.3) is 0 Å². The summed E-state index contributed by atoms with van der Waals surface area (Å²) in [6.45, 7) is 4.82. The molecule has 0 aliphatic carbocycles. The Bertz CT molecular complexity index is 570. The predicted molar refractivity (Wildman–Crippen MR) is 107 cm³/mol. The molecule has 0 aromatic heterocycles. The quantitative estimate of drug-likeness (QED) is 0.341. The Morgan fingerprint density at radius 2 is 1.88 bits per heavy atom. The molecule has 3 heteroatoms. The van der Waals surface area contributed by atoms with Crippen molar-refractivity contribution < 1.29 is 4.39 Å². The molecule has 0 atom stereocenters. The lowest BCUT2D eigenvalue weighted by molar-refractivity contribution is 0.409. The molecule has 1 aliphatic rings. The number of hydrogen-bond acceptors (Lipinski definition) is 1. The van der Waals surface area contributed by atoms with Crippen LogP contribution in [0.15, 0.2) is 18.2 Å². The molecule has 1 aromatic rings. The van der Waals surface area contributed by atoms with Crippen molar-refractivity contribution in [3.63, 3.8) is 0 Å². The van der Waals surface area contributed by atoms with E-state index in [1.807, 2.05) is 12.1 Å². The molecular weight excluding hydrogens is 325 g/mol. The molecule has 2 rings (SSSR count). The predicted octanol–water partition coefficient (Wildman–Crippen LogP) is 7.09. The second kappa shape index (κ2) is 10.1.